The smallest absolute Gasteiger partial charge is 0.313 e. The molecule has 6 heteroatoms. The Balaban J connectivity index is 1.50. The summed E-state index contributed by atoms with van der Waals surface area (Å²) >= 11 is 5.89. The molecule has 2 aromatic carbocycles. The third-order valence-corrected chi connectivity index (χ3v) is 4.42. The van der Waals surface area contributed by atoms with Gasteiger partial charge in [0.15, 0.2) is 0 Å². The first-order valence-corrected chi connectivity index (χ1v) is 8.62. The first-order chi connectivity index (χ1) is 12.1. The number of hydrogen-bond donors (Lipinski definition) is 1. The lowest BCUT2D eigenvalue weighted by Gasteiger charge is -2.34. The Bertz CT molecular complexity index is 743. The Kier molecular flexibility index (Phi) is 5.68. The Morgan fingerprint density at radius 2 is 1.68 bits per heavy atom. The summed E-state index contributed by atoms with van der Waals surface area (Å²) in [6.07, 6.45) is 0. The van der Waals surface area contributed by atoms with Crippen molar-refractivity contribution in [2.45, 2.75) is 6.54 Å². The molecular weight excluding hydrogens is 338 g/mol. The summed E-state index contributed by atoms with van der Waals surface area (Å²) in [4.78, 5) is 28.3. The van der Waals surface area contributed by atoms with Gasteiger partial charge in [0.1, 0.15) is 0 Å². The molecule has 2 amide bonds. The molecule has 130 valence electrons. The van der Waals surface area contributed by atoms with Gasteiger partial charge in [-0.15, -0.1) is 0 Å². The molecule has 1 fully saturated rings. The Morgan fingerprint density at radius 1 is 0.960 bits per heavy atom. The summed E-state index contributed by atoms with van der Waals surface area (Å²) in [6.45, 7) is 3.47. The summed E-state index contributed by atoms with van der Waals surface area (Å²) in [7, 11) is 0. The van der Waals surface area contributed by atoms with Crippen molar-refractivity contribution in [2.75, 3.05) is 31.5 Å². The van der Waals surface area contributed by atoms with E-state index in [1.165, 1.54) is 5.56 Å². The van der Waals surface area contributed by atoms with E-state index in [9.17, 15) is 9.59 Å². The maximum atomic E-state index is 12.3. The van der Waals surface area contributed by atoms with Crippen molar-refractivity contribution in [3.05, 3.63) is 65.2 Å². The van der Waals surface area contributed by atoms with E-state index in [1.54, 1.807) is 29.2 Å². The molecule has 25 heavy (non-hydrogen) atoms. The summed E-state index contributed by atoms with van der Waals surface area (Å²) in [5.74, 6) is -1.13. The maximum absolute atomic E-state index is 12.3. The number of benzene rings is 2. The molecule has 0 radical (unpaired) electrons. The molecule has 1 aliphatic rings. The van der Waals surface area contributed by atoms with Gasteiger partial charge in [0.2, 0.25) is 0 Å². The fraction of sp³-hybridized carbons (Fsp3) is 0.263. The highest BCUT2D eigenvalue weighted by molar-refractivity contribution is 6.39. The number of nitrogens with zero attached hydrogens (tertiary/aromatic N) is 2. The first kappa shape index (κ1) is 17.5. The van der Waals surface area contributed by atoms with E-state index < -0.39 is 11.8 Å². The summed E-state index contributed by atoms with van der Waals surface area (Å²) in [5.41, 5.74) is 1.77. The van der Waals surface area contributed by atoms with Crippen LogP contribution in [0.15, 0.2) is 54.6 Å². The molecule has 0 aliphatic carbocycles. The largest absolute Gasteiger partial charge is 0.332 e. The van der Waals surface area contributed by atoms with Crippen LogP contribution in [0.2, 0.25) is 5.02 Å². The van der Waals surface area contributed by atoms with Gasteiger partial charge in [-0.3, -0.25) is 14.5 Å². The lowest BCUT2D eigenvalue weighted by Crippen LogP contribution is -2.51. The van der Waals surface area contributed by atoms with Gasteiger partial charge in [-0.05, 0) is 23.8 Å². The van der Waals surface area contributed by atoms with Gasteiger partial charge in [0, 0.05) is 43.4 Å². The van der Waals surface area contributed by atoms with E-state index in [1.807, 2.05) is 18.2 Å². The van der Waals surface area contributed by atoms with E-state index in [-0.39, 0.29) is 0 Å². The van der Waals surface area contributed by atoms with Crippen molar-refractivity contribution in [3.8, 4) is 0 Å². The number of amides is 2. The number of anilines is 1. The highest BCUT2D eigenvalue weighted by atomic mass is 35.5. The number of rotatable bonds is 3. The zero-order chi connectivity index (χ0) is 17.6. The molecule has 3 rings (SSSR count). The second kappa shape index (κ2) is 8.14. The molecule has 0 unspecified atom stereocenters. The van der Waals surface area contributed by atoms with Gasteiger partial charge in [-0.2, -0.15) is 0 Å². The second-order valence-electron chi connectivity index (χ2n) is 6.02. The van der Waals surface area contributed by atoms with Gasteiger partial charge in [0.05, 0.1) is 0 Å². The SMILES string of the molecule is O=C(Nc1cccc(Cl)c1)C(=O)N1CCN(Cc2ccccc2)CC1. The topological polar surface area (TPSA) is 52.7 Å². The van der Waals surface area contributed by atoms with Crippen LogP contribution in [0, 0.1) is 0 Å². The van der Waals surface area contributed by atoms with E-state index in [2.05, 4.69) is 22.3 Å². The quantitative estimate of drug-likeness (QED) is 0.859. The maximum Gasteiger partial charge on any atom is 0.313 e. The van der Waals surface area contributed by atoms with Crippen LogP contribution in [-0.4, -0.2) is 47.8 Å². The van der Waals surface area contributed by atoms with Crippen molar-refractivity contribution in [3.63, 3.8) is 0 Å². The van der Waals surface area contributed by atoms with Crippen molar-refractivity contribution in [1.82, 2.24) is 9.80 Å². The zero-order valence-electron chi connectivity index (χ0n) is 13.8. The minimum Gasteiger partial charge on any atom is -0.332 e. The van der Waals surface area contributed by atoms with Gasteiger partial charge < -0.3 is 10.2 Å². The minimum absolute atomic E-state index is 0.501. The molecule has 1 N–H and O–H groups in total. The van der Waals surface area contributed by atoms with E-state index >= 15 is 0 Å². The third-order valence-electron chi connectivity index (χ3n) is 4.19. The summed E-state index contributed by atoms with van der Waals surface area (Å²) in [5, 5.41) is 3.12. The van der Waals surface area contributed by atoms with E-state index in [0.717, 1.165) is 19.6 Å². The molecule has 0 aromatic heterocycles. The van der Waals surface area contributed by atoms with Crippen LogP contribution >= 0.6 is 11.6 Å². The second-order valence-corrected chi connectivity index (χ2v) is 6.45. The number of hydrogen-bond acceptors (Lipinski definition) is 3. The molecule has 1 aliphatic heterocycles. The van der Waals surface area contributed by atoms with Gasteiger partial charge in [-0.25, -0.2) is 0 Å². The highest BCUT2D eigenvalue weighted by Gasteiger charge is 2.26. The molecule has 2 aromatic rings. The first-order valence-electron chi connectivity index (χ1n) is 8.24. The predicted octanol–water partition coefficient (Wildman–Crippen LogP) is 2.62. The van der Waals surface area contributed by atoms with Crippen LogP contribution in [-0.2, 0) is 16.1 Å². The molecule has 1 saturated heterocycles. The van der Waals surface area contributed by atoms with Crippen LogP contribution in [0.4, 0.5) is 5.69 Å². The predicted molar refractivity (Wildman–Crippen MR) is 98.4 cm³/mol. The fourth-order valence-electron chi connectivity index (χ4n) is 2.85. The standard InChI is InChI=1S/C19H20ClN3O2/c20-16-7-4-8-17(13-16)21-18(24)19(25)23-11-9-22(10-12-23)14-15-5-2-1-3-6-15/h1-8,13H,9-12,14H2,(H,21,24). The molecular formula is C19H20ClN3O2. The zero-order valence-corrected chi connectivity index (χ0v) is 14.6. The van der Waals surface area contributed by atoms with Crippen LogP contribution in [0.25, 0.3) is 0 Å². The highest BCUT2D eigenvalue weighted by Crippen LogP contribution is 2.15. The minimum atomic E-state index is -0.626. The van der Waals surface area contributed by atoms with Crippen LogP contribution < -0.4 is 5.32 Å². The Morgan fingerprint density at radius 3 is 2.36 bits per heavy atom. The fourth-order valence-corrected chi connectivity index (χ4v) is 3.04. The summed E-state index contributed by atoms with van der Waals surface area (Å²) in [6, 6.07) is 17.0. The van der Waals surface area contributed by atoms with Gasteiger partial charge >= 0.3 is 11.8 Å². The molecule has 1 heterocycles. The van der Waals surface area contributed by atoms with Crippen molar-refractivity contribution >= 4 is 29.1 Å². The monoisotopic (exact) mass is 357 g/mol. The third kappa shape index (κ3) is 4.81. The van der Waals surface area contributed by atoms with Crippen molar-refractivity contribution in [2.24, 2.45) is 0 Å². The lowest BCUT2D eigenvalue weighted by atomic mass is 10.2. The molecule has 0 saturated carbocycles. The lowest BCUT2D eigenvalue weighted by molar-refractivity contribution is -0.144. The molecule has 0 spiro atoms. The molecule has 5 nitrogen and oxygen atoms in total. The average Bonchev–Trinajstić information content (AvgIpc) is 2.62. The van der Waals surface area contributed by atoms with Crippen LogP contribution in [0.1, 0.15) is 5.56 Å². The number of piperazine rings is 1. The Labute approximate surface area is 152 Å². The van der Waals surface area contributed by atoms with Crippen molar-refractivity contribution in [1.29, 1.82) is 0 Å². The molecule has 0 atom stereocenters. The van der Waals surface area contributed by atoms with Crippen LogP contribution in [0.3, 0.4) is 0 Å². The summed E-state index contributed by atoms with van der Waals surface area (Å²) < 4.78 is 0. The van der Waals surface area contributed by atoms with Gasteiger partial charge in [0.25, 0.3) is 0 Å². The van der Waals surface area contributed by atoms with Crippen molar-refractivity contribution < 1.29 is 9.59 Å². The van der Waals surface area contributed by atoms with E-state index in [4.69, 9.17) is 11.6 Å². The normalized spacial score (nSPS) is 15.0. The Hall–Kier alpha value is -2.37. The molecule has 0 bridgehead atoms. The van der Waals surface area contributed by atoms with Crippen LogP contribution in [0.5, 0.6) is 0 Å². The number of nitrogens with one attached hydrogen (secondary N) is 1. The number of carbonyl (C=O) groups excluding carboxylic acids is 2. The number of carbonyl (C=O) groups is 2. The van der Waals surface area contributed by atoms with Gasteiger partial charge in [-0.1, -0.05) is 48.0 Å². The average molecular weight is 358 g/mol. The van der Waals surface area contributed by atoms with E-state index in [0.29, 0.717) is 23.8 Å². The number of halogens is 1.